The van der Waals surface area contributed by atoms with Crippen LogP contribution in [0, 0.1) is 0 Å². The number of carbonyl (C=O) groups is 1. The Hall–Kier alpha value is -2.11. The van der Waals surface area contributed by atoms with E-state index in [1.807, 2.05) is 46.7 Å². The molecule has 140 valence electrons. The first-order chi connectivity index (χ1) is 13.2. The van der Waals surface area contributed by atoms with Crippen molar-refractivity contribution in [3.8, 4) is 5.75 Å². The summed E-state index contributed by atoms with van der Waals surface area (Å²) >= 11 is 7.96. The number of thiophene rings is 1. The lowest BCUT2D eigenvalue weighted by atomic mass is 10.1. The molecule has 0 N–H and O–H groups in total. The molecule has 1 saturated carbocycles. The van der Waals surface area contributed by atoms with E-state index < -0.39 is 0 Å². The van der Waals surface area contributed by atoms with Crippen LogP contribution in [-0.4, -0.2) is 28.9 Å². The SMILES string of the molecule is COc1ccc2nc(Cl)c(CN(C(=O)c3cccs3)C3CCCC3)cc2c1. The van der Waals surface area contributed by atoms with Gasteiger partial charge in [0.15, 0.2) is 0 Å². The number of rotatable bonds is 5. The summed E-state index contributed by atoms with van der Waals surface area (Å²) in [6, 6.07) is 11.8. The average Bonchev–Trinajstić information content (AvgIpc) is 3.39. The number of aromatic nitrogens is 1. The summed E-state index contributed by atoms with van der Waals surface area (Å²) in [6.45, 7) is 0.473. The highest BCUT2D eigenvalue weighted by molar-refractivity contribution is 7.12. The molecule has 6 heteroatoms. The van der Waals surface area contributed by atoms with Crippen molar-refractivity contribution in [1.29, 1.82) is 0 Å². The molecule has 0 radical (unpaired) electrons. The molecule has 27 heavy (non-hydrogen) atoms. The third-order valence-electron chi connectivity index (χ3n) is 5.15. The fourth-order valence-corrected chi connectivity index (χ4v) is 4.60. The molecule has 2 heterocycles. The van der Waals surface area contributed by atoms with Crippen LogP contribution in [-0.2, 0) is 6.54 Å². The molecule has 1 amide bonds. The smallest absolute Gasteiger partial charge is 0.264 e. The van der Waals surface area contributed by atoms with Crippen LogP contribution in [0.2, 0.25) is 5.15 Å². The van der Waals surface area contributed by atoms with Crippen molar-refractivity contribution in [1.82, 2.24) is 9.88 Å². The number of nitrogens with zero attached hydrogens (tertiary/aromatic N) is 2. The largest absolute Gasteiger partial charge is 0.497 e. The molecule has 4 nitrogen and oxygen atoms in total. The van der Waals surface area contributed by atoms with Crippen LogP contribution in [0.25, 0.3) is 10.9 Å². The van der Waals surface area contributed by atoms with E-state index in [4.69, 9.17) is 16.3 Å². The molecular weight excluding hydrogens is 380 g/mol. The van der Waals surface area contributed by atoms with Gasteiger partial charge in [0, 0.05) is 23.5 Å². The summed E-state index contributed by atoms with van der Waals surface area (Å²) in [4.78, 5) is 20.4. The molecule has 0 aliphatic heterocycles. The fraction of sp³-hybridized carbons (Fsp3) is 0.333. The van der Waals surface area contributed by atoms with E-state index in [0.29, 0.717) is 11.7 Å². The zero-order valence-corrected chi connectivity index (χ0v) is 16.7. The van der Waals surface area contributed by atoms with Crippen molar-refractivity contribution in [2.24, 2.45) is 0 Å². The van der Waals surface area contributed by atoms with E-state index in [9.17, 15) is 4.79 Å². The third kappa shape index (κ3) is 3.80. The summed E-state index contributed by atoms with van der Waals surface area (Å²) in [7, 11) is 1.65. The summed E-state index contributed by atoms with van der Waals surface area (Å²) in [6.07, 6.45) is 4.42. The van der Waals surface area contributed by atoms with Gasteiger partial charge in [0.25, 0.3) is 5.91 Å². The Kier molecular flexibility index (Phi) is 5.32. The Labute approximate surface area is 167 Å². The van der Waals surface area contributed by atoms with Gasteiger partial charge in [0.2, 0.25) is 0 Å². The van der Waals surface area contributed by atoms with E-state index >= 15 is 0 Å². The van der Waals surface area contributed by atoms with E-state index in [-0.39, 0.29) is 11.9 Å². The zero-order chi connectivity index (χ0) is 18.8. The highest BCUT2D eigenvalue weighted by atomic mass is 35.5. The lowest BCUT2D eigenvalue weighted by Gasteiger charge is -2.29. The number of carbonyl (C=O) groups excluding carboxylic acids is 1. The van der Waals surface area contributed by atoms with E-state index in [2.05, 4.69) is 4.98 Å². The number of amides is 1. The molecule has 1 aromatic carbocycles. The normalized spacial score (nSPS) is 14.6. The highest BCUT2D eigenvalue weighted by Crippen LogP contribution is 2.30. The quantitative estimate of drug-likeness (QED) is 0.528. The van der Waals surface area contributed by atoms with Gasteiger partial charge in [-0.15, -0.1) is 11.3 Å². The maximum atomic E-state index is 13.1. The Balaban J connectivity index is 1.69. The van der Waals surface area contributed by atoms with Gasteiger partial charge in [0.1, 0.15) is 10.9 Å². The molecule has 0 atom stereocenters. The molecule has 0 saturated heterocycles. The van der Waals surface area contributed by atoms with Gasteiger partial charge in [-0.3, -0.25) is 4.79 Å². The Morgan fingerprint density at radius 3 is 2.81 bits per heavy atom. The van der Waals surface area contributed by atoms with E-state index in [0.717, 1.165) is 39.9 Å². The van der Waals surface area contributed by atoms with Crippen LogP contribution >= 0.6 is 22.9 Å². The first kappa shape index (κ1) is 18.3. The molecule has 2 aromatic heterocycles. The standard InChI is InChI=1S/C21H21ClN2O2S/c1-26-17-8-9-18-14(12-17)11-15(20(22)23-18)13-24(16-5-2-3-6-16)21(25)19-7-4-10-27-19/h4,7-12,16H,2-3,5-6,13H2,1H3. The second-order valence-corrected chi connectivity index (χ2v) is 8.15. The van der Waals surface area contributed by atoms with Gasteiger partial charge in [0.05, 0.1) is 17.5 Å². The minimum atomic E-state index is 0.0821. The van der Waals surface area contributed by atoms with Crippen LogP contribution in [0.1, 0.15) is 40.9 Å². The third-order valence-corrected chi connectivity index (χ3v) is 6.33. The van der Waals surface area contributed by atoms with Crippen molar-refractivity contribution >= 4 is 39.7 Å². The second-order valence-electron chi connectivity index (χ2n) is 6.85. The summed E-state index contributed by atoms with van der Waals surface area (Å²) in [5.74, 6) is 0.860. The lowest BCUT2D eigenvalue weighted by Crippen LogP contribution is -2.38. The molecule has 0 bridgehead atoms. The first-order valence-corrected chi connectivity index (χ1v) is 10.4. The number of halogens is 1. The van der Waals surface area contributed by atoms with Crippen LogP contribution in [0.15, 0.2) is 41.8 Å². The number of ether oxygens (including phenoxy) is 1. The number of hydrogen-bond acceptors (Lipinski definition) is 4. The van der Waals surface area contributed by atoms with Gasteiger partial charge in [-0.05, 0) is 48.6 Å². The monoisotopic (exact) mass is 400 g/mol. The Bertz CT molecular complexity index is 952. The van der Waals surface area contributed by atoms with Gasteiger partial charge in [-0.1, -0.05) is 30.5 Å². The fourth-order valence-electron chi connectivity index (χ4n) is 3.72. The van der Waals surface area contributed by atoms with Crippen LogP contribution in [0.3, 0.4) is 0 Å². The van der Waals surface area contributed by atoms with Gasteiger partial charge < -0.3 is 9.64 Å². The van der Waals surface area contributed by atoms with E-state index in [1.165, 1.54) is 24.2 Å². The van der Waals surface area contributed by atoms with Crippen LogP contribution in [0.5, 0.6) is 5.75 Å². The summed E-state index contributed by atoms with van der Waals surface area (Å²) < 4.78 is 5.32. The Morgan fingerprint density at radius 2 is 2.11 bits per heavy atom. The highest BCUT2D eigenvalue weighted by Gasteiger charge is 2.28. The van der Waals surface area contributed by atoms with Gasteiger partial charge in [-0.25, -0.2) is 4.98 Å². The van der Waals surface area contributed by atoms with Crippen LogP contribution in [0.4, 0.5) is 0 Å². The molecule has 4 rings (SSSR count). The van der Waals surface area contributed by atoms with Gasteiger partial charge in [-0.2, -0.15) is 0 Å². The molecule has 0 unspecified atom stereocenters. The van der Waals surface area contributed by atoms with Crippen LogP contribution < -0.4 is 4.74 Å². The molecular formula is C21H21ClN2O2S. The summed E-state index contributed by atoms with van der Waals surface area (Å²) in [5.41, 5.74) is 1.69. The van der Waals surface area contributed by atoms with Gasteiger partial charge >= 0.3 is 0 Å². The number of fused-ring (bicyclic) bond motifs is 1. The molecule has 1 fully saturated rings. The number of hydrogen-bond donors (Lipinski definition) is 0. The average molecular weight is 401 g/mol. The first-order valence-electron chi connectivity index (χ1n) is 9.13. The number of methoxy groups -OCH3 is 1. The minimum absolute atomic E-state index is 0.0821. The van der Waals surface area contributed by atoms with Crippen molar-refractivity contribution in [3.05, 3.63) is 57.4 Å². The predicted molar refractivity (Wildman–Crippen MR) is 110 cm³/mol. The van der Waals surface area contributed by atoms with Crippen molar-refractivity contribution < 1.29 is 9.53 Å². The van der Waals surface area contributed by atoms with Crippen molar-refractivity contribution in [3.63, 3.8) is 0 Å². The summed E-state index contributed by atoms with van der Waals surface area (Å²) in [5, 5.41) is 3.36. The zero-order valence-electron chi connectivity index (χ0n) is 15.2. The Morgan fingerprint density at radius 1 is 1.30 bits per heavy atom. The number of pyridine rings is 1. The van der Waals surface area contributed by atoms with E-state index in [1.54, 1.807) is 7.11 Å². The topological polar surface area (TPSA) is 42.4 Å². The lowest BCUT2D eigenvalue weighted by molar-refractivity contribution is 0.0669. The molecule has 3 aromatic rings. The molecule has 1 aliphatic rings. The number of benzene rings is 1. The minimum Gasteiger partial charge on any atom is -0.497 e. The van der Waals surface area contributed by atoms with Crippen molar-refractivity contribution in [2.45, 2.75) is 38.3 Å². The maximum Gasteiger partial charge on any atom is 0.264 e. The predicted octanol–water partition coefficient (Wildman–Crippen LogP) is 5.54. The maximum absolute atomic E-state index is 13.1. The van der Waals surface area contributed by atoms with Crippen molar-refractivity contribution in [2.75, 3.05) is 7.11 Å². The second kappa shape index (κ2) is 7.87. The molecule has 1 aliphatic carbocycles. The molecule has 0 spiro atoms.